The number of ether oxygens (including phenoxy) is 3. The number of hydrogen-bond acceptors (Lipinski definition) is 6. The van der Waals surface area contributed by atoms with E-state index in [-0.39, 0.29) is 17.1 Å². The second kappa shape index (κ2) is 13.6. The molecule has 0 amide bonds. The first-order chi connectivity index (χ1) is 13.7. The maximum atomic E-state index is 11.0. The van der Waals surface area contributed by atoms with Crippen molar-refractivity contribution in [2.45, 2.75) is 0 Å². The lowest BCUT2D eigenvalue weighted by Gasteiger charge is -1.98. The van der Waals surface area contributed by atoms with E-state index in [0.29, 0.717) is 11.3 Å². The summed E-state index contributed by atoms with van der Waals surface area (Å²) in [6, 6.07) is 12.7. The number of benzene rings is 2. The van der Waals surface area contributed by atoms with Crippen molar-refractivity contribution in [3.05, 3.63) is 77.4 Å². The smallest absolute Gasteiger partial charge is 0.344 e. The van der Waals surface area contributed by atoms with Gasteiger partial charge in [-0.3, -0.25) is 0 Å². The summed E-state index contributed by atoms with van der Waals surface area (Å²) in [5, 5.41) is 17.1. The van der Waals surface area contributed by atoms with Crippen LogP contribution in [0.5, 0.6) is 0 Å². The number of esters is 1. The molecule has 0 bridgehead atoms. The molecular weight excluding hydrogens is 380 g/mol. The molecule has 1 aliphatic heterocycles. The zero-order chi connectivity index (χ0) is 22.4. The lowest BCUT2D eigenvalue weighted by Crippen LogP contribution is -2.06. The van der Waals surface area contributed by atoms with Crippen molar-refractivity contribution in [2.24, 2.45) is 0 Å². The zero-order valence-corrected chi connectivity index (χ0v) is 16.7. The number of methoxy groups -OCH3 is 2. The van der Waals surface area contributed by atoms with E-state index in [1.54, 1.807) is 40.6 Å². The number of carbonyl (C=O) groups excluding carboxylic acids is 1. The van der Waals surface area contributed by atoms with E-state index in [4.69, 9.17) is 14.9 Å². The molecule has 0 radical (unpaired) electrons. The van der Waals surface area contributed by atoms with Crippen LogP contribution >= 0.6 is 0 Å². The highest BCUT2D eigenvalue weighted by Crippen LogP contribution is 2.27. The van der Waals surface area contributed by atoms with Gasteiger partial charge in [-0.1, -0.05) is 36.9 Å². The Morgan fingerprint density at radius 1 is 0.793 bits per heavy atom. The minimum atomic E-state index is -1.23. The van der Waals surface area contributed by atoms with Crippen LogP contribution in [0.4, 0.5) is 0 Å². The van der Waals surface area contributed by atoms with Crippen molar-refractivity contribution < 1.29 is 38.8 Å². The average molecular weight is 404 g/mol. The van der Waals surface area contributed by atoms with Crippen molar-refractivity contribution in [1.82, 2.24) is 0 Å². The molecule has 2 N–H and O–H groups in total. The Hall–Kier alpha value is -3.49. The van der Waals surface area contributed by atoms with E-state index < -0.39 is 11.9 Å². The fourth-order valence-corrected chi connectivity index (χ4v) is 1.98. The molecule has 3 rings (SSSR count). The summed E-state index contributed by atoms with van der Waals surface area (Å²) >= 11 is 0. The molecule has 0 fully saturated rings. The van der Waals surface area contributed by atoms with Crippen LogP contribution in [0.2, 0.25) is 0 Å². The molecule has 2 aromatic carbocycles. The maximum absolute atomic E-state index is 11.0. The van der Waals surface area contributed by atoms with Crippen LogP contribution in [0.1, 0.15) is 36.6 Å². The molecule has 156 valence electrons. The number of cyclic esters (lactones) is 1. The molecule has 29 heavy (non-hydrogen) atoms. The Labute approximate surface area is 169 Å². The van der Waals surface area contributed by atoms with E-state index in [1.807, 2.05) is 12.1 Å². The van der Waals surface area contributed by atoms with Gasteiger partial charge in [0.15, 0.2) is 0 Å². The SMILES string of the molecule is C=C1OC(=O)c2ccccc21.COC.COC.O=C(O)c1ccccc1C(=O)O. The Kier molecular flexibility index (Phi) is 12.0. The Morgan fingerprint density at radius 2 is 1.14 bits per heavy atom. The van der Waals surface area contributed by atoms with Gasteiger partial charge in [-0.15, -0.1) is 0 Å². The molecule has 0 unspecified atom stereocenters. The predicted octanol–water partition coefficient (Wildman–Crippen LogP) is 3.44. The largest absolute Gasteiger partial charge is 0.478 e. The van der Waals surface area contributed by atoms with Gasteiger partial charge in [0.2, 0.25) is 0 Å². The van der Waals surface area contributed by atoms with Crippen molar-refractivity contribution in [3.63, 3.8) is 0 Å². The summed E-state index contributed by atoms with van der Waals surface area (Å²) in [6.45, 7) is 3.60. The Bertz CT molecular complexity index is 774. The summed E-state index contributed by atoms with van der Waals surface area (Å²) in [4.78, 5) is 31.9. The summed E-state index contributed by atoms with van der Waals surface area (Å²) < 4.78 is 13.3. The number of fused-ring (bicyclic) bond motifs is 1. The van der Waals surface area contributed by atoms with Gasteiger partial charge in [-0.25, -0.2) is 14.4 Å². The van der Waals surface area contributed by atoms with Crippen LogP contribution in [-0.2, 0) is 14.2 Å². The van der Waals surface area contributed by atoms with Crippen molar-refractivity contribution in [2.75, 3.05) is 28.4 Å². The highest BCUT2D eigenvalue weighted by Gasteiger charge is 2.23. The second-order valence-electron chi connectivity index (χ2n) is 5.33. The number of carboxylic acids is 2. The zero-order valence-electron chi connectivity index (χ0n) is 16.7. The highest BCUT2D eigenvalue weighted by atomic mass is 16.5. The lowest BCUT2D eigenvalue weighted by molar-refractivity contribution is 0.0651. The number of carboxylic acid groups (broad SMARTS) is 2. The number of carbonyl (C=O) groups is 3. The van der Waals surface area contributed by atoms with E-state index >= 15 is 0 Å². The predicted molar refractivity (Wildman–Crippen MR) is 107 cm³/mol. The van der Waals surface area contributed by atoms with Gasteiger partial charge in [-0.2, -0.15) is 0 Å². The molecule has 1 heterocycles. The number of aromatic carboxylic acids is 2. The first-order valence-corrected chi connectivity index (χ1v) is 8.11. The topological polar surface area (TPSA) is 119 Å². The molecule has 0 saturated carbocycles. The Morgan fingerprint density at radius 3 is 1.48 bits per heavy atom. The van der Waals surface area contributed by atoms with Gasteiger partial charge in [0.1, 0.15) is 5.76 Å². The first-order valence-electron chi connectivity index (χ1n) is 8.11. The lowest BCUT2D eigenvalue weighted by atomic mass is 10.1. The van der Waals surface area contributed by atoms with Crippen molar-refractivity contribution in [1.29, 1.82) is 0 Å². The van der Waals surface area contributed by atoms with Crippen LogP contribution in [0.15, 0.2) is 55.1 Å². The van der Waals surface area contributed by atoms with Gasteiger partial charge in [0.25, 0.3) is 0 Å². The van der Waals surface area contributed by atoms with E-state index in [9.17, 15) is 14.4 Å². The molecule has 0 saturated heterocycles. The molecular formula is C21H24O8. The van der Waals surface area contributed by atoms with Crippen LogP contribution < -0.4 is 0 Å². The van der Waals surface area contributed by atoms with E-state index in [1.165, 1.54) is 24.3 Å². The first kappa shape index (κ1) is 25.5. The third-order valence-electron chi connectivity index (χ3n) is 3.05. The van der Waals surface area contributed by atoms with Crippen LogP contribution in [0, 0.1) is 0 Å². The van der Waals surface area contributed by atoms with Crippen LogP contribution in [0.3, 0.4) is 0 Å². The fourth-order valence-electron chi connectivity index (χ4n) is 1.98. The molecule has 0 aromatic heterocycles. The van der Waals surface area contributed by atoms with Gasteiger partial charge in [0.05, 0.1) is 16.7 Å². The molecule has 0 spiro atoms. The van der Waals surface area contributed by atoms with Crippen LogP contribution in [-0.4, -0.2) is 56.6 Å². The molecule has 8 nitrogen and oxygen atoms in total. The third kappa shape index (κ3) is 8.37. The molecule has 0 atom stereocenters. The standard InChI is InChI=1S/C9H6O2.C8H6O4.2C2H6O/c1-6-7-4-2-3-5-8(7)9(10)11-6;9-7(10)5-3-1-2-4-6(5)8(11)12;2*1-3-2/h2-5H,1H2;1-4H,(H,9,10)(H,11,12);2*1-2H3. The second-order valence-corrected chi connectivity index (χ2v) is 5.33. The Balaban J connectivity index is 0.000000427. The molecule has 1 aliphatic rings. The van der Waals surface area contributed by atoms with E-state index in [2.05, 4.69) is 16.1 Å². The monoisotopic (exact) mass is 404 g/mol. The number of rotatable bonds is 2. The maximum Gasteiger partial charge on any atom is 0.344 e. The van der Waals surface area contributed by atoms with Gasteiger partial charge in [-0.05, 0) is 18.2 Å². The van der Waals surface area contributed by atoms with Gasteiger partial charge in [0, 0.05) is 34.0 Å². The van der Waals surface area contributed by atoms with Gasteiger partial charge < -0.3 is 24.4 Å². The average Bonchev–Trinajstić information content (AvgIpc) is 2.98. The third-order valence-corrected chi connectivity index (χ3v) is 3.05. The summed E-state index contributed by atoms with van der Waals surface area (Å²) in [5.74, 6) is -2.31. The summed E-state index contributed by atoms with van der Waals surface area (Å²) in [7, 11) is 6.50. The van der Waals surface area contributed by atoms with Crippen LogP contribution in [0.25, 0.3) is 5.76 Å². The summed E-state index contributed by atoms with van der Waals surface area (Å²) in [6.07, 6.45) is 0. The van der Waals surface area contributed by atoms with E-state index in [0.717, 1.165) is 5.56 Å². The molecule has 8 heteroatoms. The van der Waals surface area contributed by atoms with Crippen molar-refractivity contribution in [3.8, 4) is 0 Å². The minimum absolute atomic E-state index is 0.190. The number of hydrogen-bond donors (Lipinski definition) is 2. The fraction of sp³-hybridized carbons (Fsp3) is 0.190. The summed E-state index contributed by atoms with van der Waals surface area (Å²) in [5.41, 5.74) is 1.03. The minimum Gasteiger partial charge on any atom is -0.478 e. The normalized spacial score (nSPS) is 10.6. The van der Waals surface area contributed by atoms with Gasteiger partial charge >= 0.3 is 17.9 Å². The highest BCUT2D eigenvalue weighted by molar-refractivity contribution is 6.02. The molecule has 2 aromatic rings. The van der Waals surface area contributed by atoms with Crippen molar-refractivity contribution >= 4 is 23.7 Å². The molecule has 0 aliphatic carbocycles. The quantitative estimate of drug-likeness (QED) is 0.731.